The number of sulfonamides is 1. The van der Waals surface area contributed by atoms with Gasteiger partial charge in [0.25, 0.3) is 0 Å². The van der Waals surface area contributed by atoms with Crippen LogP contribution in [-0.2, 0) is 16.6 Å². The minimum Gasteiger partial charge on any atom is -0.326 e. The zero-order valence-corrected chi connectivity index (χ0v) is 8.74. The molecule has 0 radical (unpaired) electrons. The first-order chi connectivity index (χ1) is 6.83. The van der Waals surface area contributed by atoms with Crippen molar-refractivity contribution in [3.63, 3.8) is 0 Å². The van der Waals surface area contributed by atoms with E-state index in [2.05, 4.69) is 0 Å². The molecule has 1 aromatic rings. The van der Waals surface area contributed by atoms with Gasteiger partial charge in [0.05, 0.1) is 11.9 Å². The first-order valence-electron chi connectivity index (χ1n) is 3.99. The van der Waals surface area contributed by atoms with E-state index in [1.807, 2.05) is 4.72 Å². The Morgan fingerprint density at radius 2 is 1.80 bits per heavy atom. The van der Waals surface area contributed by atoms with Crippen molar-refractivity contribution in [3.05, 3.63) is 29.3 Å². The molecule has 0 amide bonds. The van der Waals surface area contributed by atoms with E-state index < -0.39 is 21.7 Å². The highest BCUT2D eigenvalue weighted by atomic mass is 32.2. The summed E-state index contributed by atoms with van der Waals surface area (Å²) in [5.41, 5.74) is 4.68. The first-order valence-corrected chi connectivity index (χ1v) is 5.88. The molecule has 0 spiro atoms. The van der Waals surface area contributed by atoms with E-state index in [0.29, 0.717) is 0 Å². The van der Waals surface area contributed by atoms with Gasteiger partial charge in [-0.15, -0.1) is 0 Å². The van der Waals surface area contributed by atoms with Crippen molar-refractivity contribution in [3.8, 4) is 0 Å². The molecule has 0 saturated heterocycles. The second kappa shape index (κ2) is 4.11. The highest BCUT2D eigenvalue weighted by Gasteiger charge is 2.11. The van der Waals surface area contributed by atoms with E-state index >= 15 is 0 Å². The summed E-state index contributed by atoms with van der Waals surface area (Å²) in [7, 11) is -3.54. The SMILES string of the molecule is CS(=O)(=O)Nc1cc(F)c(CN)c(F)c1. The lowest BCUT2D eigenvalue weighted by Crippen LogP contribution is -2.11. The molecule has 0 saturated carbocycles. The molecule has 15 heavy (non-hydrogen) atoms. The van der Waals surface area contributed by atoms with Crippen LogP contribution < -0.4 is 10.5 Å². The number of halogens is 2. The third-order valence-electron chi connectivity index (χ3n) is 1.65. The van der Waals surface area contributed by atoms with Gasteiger partial charge in [0.15, 0.2) is 0 Å². The van der Waals surface area contributed by atoms with Crippen molar-refractivity contribution >= 4 is 15.7 Å². The molecule has 0 aliphatic rings. The van der Waals surface area contributed by atoms with Crippen LogP contribution in [0.2, 0.25) is 0 Å². The van der Waals surface area contributed by atoms with Crippen LogP contribution in [0.5, 0.6) is 0 Å². The third kappa shape index (κ3) is 3.14. The smallest absolute Gasteiger partial charge is 0.229 e. The molecule has 4 nitrogen and oxygen atoms in total. The van der Waals surface area contributed by atoms with Gasteiger partial charge in [-0.25, -0.2) is 17.2 Å². The fourth-order valence-corrected chi connectivity index (χ4v) is 1.62. The number of hydrogen-bond acceptors (Lipinski definition) is 3. The molecule has 1 aromatic carbocycles. The topological polar surface area (TPSA) is 72.2 Å². The average molecular weight is 236 g/mol. The number of anilines is 1. The normalized spacial score (nSPS) is 11.5. The summed E-state index contributed by atoms with van der Waals surface area (Å²) in [5, 5.41) is 0. The zero-order valence-electron chi connectivity index (χ0n) is 7.92. The third-order valence-corrected chi connectivity index (χ3v) is 2.25. The fraction of sp³-hybridized carbons (Fsp3) is 0.250. The second-order valence-corrected chi connectivity index (χ2v) is 4.75. The Balaban J connectivity index is 3.15. The van der Waals surface area contributed by atoms with Gasteiger partial charge in [-0.05, 0) is 12.1 Å². The number of benzene rings is 1. The van der Waals surface area contributed by atoms with Crippen molar-refractivity contribution in [2.45, 2.75) is 6.54 Å². The van der Waals surface area contributed by atoms with Gasteiger partial charge in [0.2, 0.25) is 10.0 Å². The lowest BCUT2D eigenvalue weighted by atomic mass is 10.2. The predicted octanol–water partition coefficient (Wildman–Crippen LogP) is 0.795. The monoisotopic (exact) mass is 236 g/mol. The Labute approximate surface area is 86.1 Å². The van der Waals surface area contributed by atoms with Crippen LogP contribution in [0.4, 0.5) is 14.5 Å². The second-order valence-electron chi connectivity index (χ2n) is 3.00. The summed E-state index contributed by atoms with van der Waals surface area (Å²) in [5.74, 6) is -1.74. The summed E-state index contributed by atoms with van der Waals surface area (Å²) in [6.45, 7) is -0.281. The molecule has 0 fully saturated rings. The Hall–Kier alpha value is -1.21. The molecule has 84 valence electrons. The number of rotatable bonds is 3. The summed E-state index contributed by atoms with van der Waals surface area (Å²) >= 11 is 0. The van der Waals surface area contributed by atoms with Crippen LogP contribution in [0.25, 0.3) is 0 Å². The van der Waals surface area contributed by atoms with Gasteiger partial charge < -0.3 is 5.73 Å². The molecule has 0 aliphatic carbocycles. The quantitative estimate of drug-likeness (QED) is 0.815. The van der Waals surface area contributed by atoms with E-state index in [-0.39, 0.29) is 17.8 Å². The molecule has 0 bridgehead atoms. The van der Waals surface area contributed by atoms with Gasteiger partial charge in [-0.1, -0.05) is 0 Å². The zero-order chi connectivity index (χ0) is 11.6. The van der Waals surface area contributed by atoms with Crippen molar-refractivity contribution in [1.29, 1.82) is 0 Å². The predicted molar refractivity (Wildman–Crippen MR) is 52.7 cm³/mol. The number of nitrogens with two attached hydrogens (primary N) is 1. The van der Waals surface area contributed by atoms with E-state index in [9.17, 15) is 17.2 Å². The minimum atomic E-state index is -3.54. The van der Waals surface area contributed by atoms with E-state index in [0.717, 1.165) is 18.4 Å². The first kappa shape index (κ1) is 11.9. The lowest BCUT2D eigenvalue weighted by molar-refractivity contribution is 0.558. The maximum Gasteiger partial charge on any atom is 0.229 e. The van der Waals surface area contributed by atoms with Crippen molar-refractivity contribution in [2.75, 3.05) is 11.0 Å². The largest absolute Gasteiger partial charge is 0.326 e. The summed E-state index contributed by atoms with van der Waals surface area (Å²) in [4.78, 5) is 0. The molecular weight excluding hydrogens is 226 g/mol. The van der Waals surface area contributed by atoms with E-state index in [1.54, 1.807) is 0 Å². The van der Waals surface area contributed by atoms with E-state index in [1.165, 1.54) is 0 Å². The van der Waals surface area contributed by atoms with Crippen LogP contribution in [0.15, 0.2) is 12.1 Å². The number of nitrogens with one attached hydrogen (secondary N) is 1. The standard InChI is InChI=1S/C8H10F2N2O2S/c1-15(13,14)12-5-2-7(9)6(4-11)8(10)3-5/h2-3,12H,4,11H2,1H3. The Morgan fingerprint density at radius 3 is 2.13 bits per heavy atom. The molecule has 0 atom stereocenters. The highest BCUT2D eigenvalue weighted by Crippen LogP contribution is 2.19. The molecular formula is C8H10F2N2O2S. The van der Waals surface area contributed by atoms with Gasteiger partial charge >= 0.3 is 0 Å². The maximum atomic E-state index is 13.1. The summed E-state index contributed by atoms with van der Waals surface area (Å²) in [6, 6.07) is 1.76. The Morgan fingerprint density at radius 1 is 1.33 bits per heavy atom. The molecule has 0 unspecified atom stereocenters. The molecule has 1 rings (SSSR count). The van der Waals surface area contributed by atoms with Gasteiger partial charge in [0.1, 0.15) is 11.6 Å². The Bertz CT molecular complexity index is 451. The van der Waals surface area contributed by atoms with Crippen molar-refractivity contribution in [1.82, 2.24) is 0 Å². The minimum absolute atomic E-state index is 0.162. The molecule has 3 N–H and O–H groups in total. The average Bonchev–Trinajstić information content (AvgIpc) is 1.99. The Kier molecular flexibility index (Phi) is 3.25. The molecule has 0 aliphatic heterocycles. The maximum absolute atomic E-state index is 13.1. The van der Waals surface area contributed by atoms with Crippen LogP contribution in [-0.4, -0.2) is 14.7 Å². The lowest BCUT2D eigenvalue weighted by Gasteiger charge is -2.07. The van der Waals surface area contributed by atoms with Crippen molar-refractivity contribution in [2.24, 2.45) is 5.73 Å². The van der Waals surface area contributed by atoms with Crippen LogP contribution in [0.3, 0.4) is 0 Å². The van der Waals surface area contributed by atoms with Gasteiger partial charge in [-0.2, -0.15) is 0 Å². The fourth-order valence-electron chi connectivity index (χ4n) is 1.07. The van der Waals surface area contributed by atoms with Crippen LogP contribution in [0, 0.1) is 11.6 Å². The van der Waals surface area contributed by atoms with Gasteiger partial charge in [0, 0.05) is 12.1 Å². The van der Waals surface area contributed by atoms with Crippen LogP contribution in [0.1, 0.15) is 5.56 Å². The summed E-state index contributed by atoms with van der Waals surface area (Å²) in [6.07, 6.45) is 0.889. The number of hydrogen-bond donors (Lipinski definition) is 2. The molecule has 0 aromatic heterocycles. The molecule has 0 heterocycles. The highest BCUT2D eigenvalue weighted by molar-refractivity contribution is 7.92. The van der Waals surface area contributed by atoms with Crippen molar-refractivity contribution < 1.29 is 17.2 Å². The summed E-state index contributed by atoms with van der Waals surface area (Å²) < 4.78 is 49.8. The van der Waals surface area contributed by atoms with E-state index in [4.69, 9.17) is 5.73 Å². The molecule has 7 heteroatoms. The van der Waals surface area contributed by atoms with Gasteiger partial charge in [-0.3, -0.25) is 4.72 Å². The van der Waals surface area contributed by atoms with Crippen LogP contribution >= 0.6 is 0 Å².